The van der Waals surface area contributed by atoms with Crippen LogP contribution < -0.4 is 10.5 Å². The van der Waals surface area contributed by atoms with Gasteiger partial charge in [0.1, 0.15) is 5.82 Å². The first-order chi connectivity index (χ1) is 7.60. The predicted octanol–water partition coefficient (Wildman–Crippen LogP) is 0.992. The van der Waals surface area contributed by atoms with E-state index in [1.807, 2.05) is 6.26 Å². The Morgan fingerprint density at radius 1 is 1.62 bits per heavy atom. The number of amides is 1. The molecule has 1 atom stereocenters. The summed E-state index contributed by atoms with van der Waals surface area (Å²) in [5.41, 5.74) is -0.236. The highest BCUT2D eigenvalue weighted by Gasteiger charge is 2.30. The third-order valence-corrected chi connectivity index (χ3v) is 3.45. The van der Waals surface area contributed by atoms with Gasteiger partial charge in [-0.2, -0.15) is 0 Å². The van der Waals surface area contributed by atoms with Gasteiger partial charge in [0.2, 0.25) is 5.91 Å². The minimum absolute atomic E-state index is 0.00738. The molecule has 1 unspecified atom stereocenters. The molecule has 16 heavy (non-hydrogen) atoms. The molecule has 1 fully saturated rings. The number of carbonyl (C=O) groups is 1. The van der Waals surface area contributed by atoms with Crippen LogP contribution in [0.3, 0.4) is 0 Å². The summed E-state index contributed by atoms with van der Waals surface area (Å²) in [7, 11) is 0. The number of hydrogen-bond acceptors (Lipinski definition) is 4. The van der Waals surface area contributed by atoms with Crippen LogP contribution in [0.5, 0.6) is 0 Å². The van der Waals surface area contributed by atoms with Gasteiger partial charge in [0.05, 0.1) is 0 Å². The van der Waals surface area contributed by atoms with Crippen molar-refractivity contribution >= 4 is 39.4 Å². The number of hydrogen-bond donors (Lipinski definition) is 1. The number of carbonyl (C=O) groups excluding carboxylic acids is 1. The minimum Gasteiger partial charge on any atom is -0.301 e. The second kappa shape index (κ2) is 4.58. The van der Waals surface area contributed by atoms with Crippen LogP contribution in [0.1, 0.15) is 6.42 Å². The zero-order valence-electron chi connectivity index (χ0n) is 8.57. The lowest BCUT2D eigenvalue weighted by atomic mass is 10.4. The Bertz CT molecular complexity index is 476. The van der Waals surface area contributed by atoms with E-state index in [-0.39, 0.29) is 16.3 Å². The average molecular weight is 304 g/mol. The summed E-state index contributed by atoms with van der Waals surface area (Å²) in [6.45, 7) is 0.559. The minimum atomic E-state index is -0.236. The zero-order chi connectivity index (χ0) is 11.7. The molecule has 1 aliphatic rings. The van der Waals surface area contributed by atoms with Crippen molar-refractivity contribution < 1.29 is 4.79 Å². The number of anilines is 1. The van der Waals surface area contributed by atoms with Gasteiger partial charge in [-0.3, -0.25) is 14.5 Å². The zero-order valence-corrected chi connectivity index (χ0v) is 11.0. The highest BCUT2D eigenvalue weighted by molar-refractivity contribution is 9.09. The second-order valence-corrected chi connectivity index (χ2v) is 5.51. The maximum absolute atomic E-state index is 11.6. The summed E-state index contributed by atoms with van der Waals surface area (Å²) in [6, 6.07) is 1.35. The van der Waals surface area contributed by atoms with E-state index in [0.29, 0.717) is 23.9 Å². The van der Waals surface area contributed by atoms with E-state index in [0.717, 1.165) is 0 Å². The maximum Gasteiger partial charge on any atom is 0.253 e. The number of nitrogens with one attached hydrogen (secondary N) is 1. The lowest BCUT2D eigenvalue weighted by Gasteiger charge is -2.14. The van der Waals surface area contributed by atoms with Crippen molar-refractivity contribution in [2.75, 3.05) is 17.7 Å². The van der Waals surface area contributed by atoms with E-state index in [9.17, 15) is 9.59 Å². The standard InChI is InChI=1S/C9H10BrN3O2S/c1-16-9-11-6(3-7(14)12-9)13-4-5(10)2-8(13)15/h3,5H,2,4H2,1H3,(H,11,12,14). The summed E-state index contributed by atoms with van der Waals surface area (Å²) >= 11 is 4.73. The van der Waals surface area contributed by atoms with Gasteiger partial charge in [-0.05, 0) is 6.26 Å². The third kappa shape index (κ3) is 2.30. The molecule has 86 valence electrons. The van der Waals surface area contributed by atoms with Gasteiger partial charge in [0.25, 0.3) is 5.56 Å². The van der Waals surface area contributed by atoms with Crippen molar-refractivity contribution in [2.45, 2.75) is 16.4 Å². The molecule has 7 heteroatoms. The van der Waals surface area contributed by atoms with Gasteiger partial charge in [-0.25, -0.2) is 4.98 Å². The second-order valence-electron chi connectivity index (χ2n) is 3.42. The van der Waals surface area contributed by atoms with Crippen LogP contribution in [-0.2, 0) is 4.79 Å². The number of nitrogens with zero attached hydrogens (tertiary/aromatic N) is 2. The molecule has 0 radical (unpaired) electrons. The first-order valence-corrected chi connectivity index (χ1v) is 6.84. The highest BCUT2D eigenvalue weighted by Crippen LogP contribution is 2.23. The van der Waals surface area contributed by atoms with Gasteiger partial charge in [-0.15, -0.1) is 0 Å². The summed E-state index contributed by atoms with van der Waals surface area (Å²) in [4.78, 5) is 31.5. The molecular weight excluding hydrogens is 294 g/mol. The van der Waals surface area contributed by atoms with Gasteiger partial charge >= 0.3 is 0 Å². The highest BCUT2D eigenvalue weighted by atomic mass is 79.9. The molecule has 0 spiro atoms. The molecule has 1 amide bonds. The van der Waals surface area contributed by atoms with Crippen molar-refractivity contribution in [1.82, 2.24) is 9.97 Å². The van der Waals surface area contributed by atoms with Crippen LogP contribution in [0.25, 0.3) is 0 Å². The molecule has 0 saturated carbocycles. The molecule has 5 nitrogen and oxygen atoms in total. The van der Waals surface area contributed by atoms with Crippen molar-refractivity contribution in [3.63, 3.8) is 0 Å². The molecule has 1 aromatic heterocycles. The van der Waals surface area contributed by atoms with Crippen molar-refractivity contribution in [1.29, 1.82) is 0 Å². The number of rotatable bonds is 2. The fourth-order valence-electron chi connectivity index (χ4n) is 1.54. The van der Waals surface area contributed by atoms with Crippen LogP contribution in [0.4, 0.5) is 5.82 Å². The third-order valence-electron chi connectivity index (χ3n) is 2.25. The average Bonchev–Trinajstić information content (AvgIpc) is 2.57. The van der Waals surface area contributed by atoms with E-state index in [2.05, 4.69) is 25.9 Å². The Hall–Kier alpha value is -0.820. The molecule has 1 saturated heterocycles. The maximum atomic E-state index is 11.6. The van der Waals surface area contributed by atoms with Crippen LogP contribution >= 0.6 is 27.7 Å². The molecule has 0 bridgehead atoms. The molecule has 1 aliphatic heterocycles. The Balaban J connectivity index is 2.37. The Morgan fingerprint density at radius 2 is 2.38 bits per heavy atom. The van der Waals surface area contributed by atoms with E-state index < -0.39 is 0 Å². The van der Waals surface area contributed by atoms with Crippen molar-refractivity contribution in [3.8, 4) is 0 Å². The summed E-state index contributed by atoms with van der Waals surface area (Å²) in [6.07, 6.45) is 2.27. The van der Waals surface area contributed by atoms with Crippen molar-refractivity contribution in [2.24, 2.45) is 0 Å². The number of alkyl halides is 1. The Morgan fingerprint density at radius 3 is 2.94 bits per heavy atom. The van der Waals surface area contributed by atoms with E-state index >= 15 is 0 Å². The van der Waals surface area contributed by atoms with Crippen LogP contribution in [0.15, 0.2) is 16.0 Å². The lowest BCUT2D eigenvalue weighted by molar-refractivity contribution is -0.117. The number of H-pyrrole nitrogens is 1. The molecule has 0 aliphatic carbocycles. The molecule has 1 aromatic rings. The van der Waals surface area contributed by atoms with Gasteiger partial charge in [0.15, 0.2) is 5.16 Å². The van der Waals surface area contributed by atoms with Gasteiger partial charge < -0.3 is 4.98 Å². The van der Waals surface area contributed by atoms with Crippen LogP contribution in [0.2, 0.25) is 0 Å². The van der Waals surface area contributed by atoms with E-state index in [1.165, 1.54) is 22.7 Å². The number of thioether (sulfide) groups is 1. The summed E-state index contributed by atoms with van der Waals surface area (Å²) < 4.78 is 0. The first kappa shape index (κ1) is 11.7. The smallest absolute Gasteiger partial charge is 0.253 e. The summed E-state index contributed by atoms with van der Waals surface area (Å²) in [5, 5.41) is 0.522. The van der Waals surface area contributed by atoms with Crippen LogP contribution in [-0.4, -0.2) is 33.5 Å². The molecule has 0 aromatic carbocycles. The van der Waals surface area contributed by atoms with Crippen LogP contribution in [0, 0.1) is 0 Å². The number of aromatic amines is 1. The Kier molecular flexibility index (Phi) is 3.34. The van der Waals surface area contributed by atoms with Crippen molar-refractivity contribution in [3.05, 3.63) is 16.4 Å². The quantitative estimate of drug-likeness (QED) is 0.503. The fourth-order valence-corrected chi connectivity index (χ4v) is 2.50. The molecular formula is C9H10BrN3O2S. The monoisotopic (exact) mass is 303 g/mol. The largest absolute Gasteiger partial charge is 0.301 e. The number of aromatic nitrogens is 2. The number of halogens is 1. The molecule has 1 N–H and O–H groups in total. The van der Waals surface area contributed by atoms with E-state index in [1.54, 1.807) is 0 Å². The first-order valence-electron chi connectivity index (χ1n) is 4.70. The van der Waals surface area contributed by atoms with Gasteiger partial charge in [0, 0.05) is 23.9 Å². The topological polar surface area (TPSA) is 66.1 Å². The lowest BCUT2D eigenvalue weighted by Crippen LogP contribution is -2.27. The normalized spacial score (nSPS) is 20.5. The molecule has 2 rings (SSSR count). The molecule has 2 heterocycles. The SMILES string of the molecule is CSc1nc(N2CC(Br)CC2=O)cc(=O)[nH]1. The Labute approximate surface area is 105 Å². The fraction of sp³-hybridized carbons (Fsp3) is 0.444. The summed E-state index contributed by atoms with van der Waals surface area (Å²) in [5.74, 6) is 0.423. The van der Waals surface area contributed by atoms with E-state index in [4.69, 9.17) is 0 Å². The predicted molar refractivity (Wildman–Crippen MR) is 66.3 cm³/mol. The van der Waals surface area contributed by atoms with Gasteiger partial charge in [-0.1, -0.05) is 27.7 Å².